The Kier molecular flexibility index (Phi) is 3.36. The molecule has 1 aromatic rings. The van der Waals surface area contributed by atoms with Crippen molar-refractivity contribution in [1.29, 1.82) is 0 Å². The summed E-state index contributed by atoms with van der Waals surface area (Å²) < 4.78 is 0.897. The second-order valence-corrected chi connectivity index (χ2v) is 8.79. The van der Waals surface area contributed by atoms with E-state index in [1.807, 2.05) is 12.1 Å². The van der Waals surface area contributed by atoms with E-state index in [4.69, 9.17) is 5.73 Å². The van der Waals surface area contributed by atoms with Crippen LogP contribution in [0.4, 0.5) is 5.69 Å². The van der Waals surface area contributed by atoms with Gasteiger partial charge in [0.05, 0.1) is 5.56 Å². The van der Waals surface area contributed by atoms with Gasteiger partial charge >= 0.3 is 0 Å². The van der Waals surface area contributed by atoms with Crippen LogP contribution in [0.2, 0.25) is 0 Å². The summed E-state index contributed by atoms with van der Waals surface area (Å²) in [5.41, 5.74) is 7.77. The number of hydrogen-bond donors (Lipinski definition) is 1. The number of halogens is 1. The number of carbonyl (C=O) groups excluding carboxylic acids is 1. The standard InChI is InChI=1S/C17H23BrN2O/c1-16(2)7-12-8-17(3,9-16)10-20(12)15(21)13-6-11(18)4-5-14(13)19/h4-6,12H,7-10,19H2,1-3H3. The Morgan fingerprint density at radius 2 is 2.05 bits per heavy atom. The number of fused-ring (bicyclic) bond motifs is 2. The highest BCUT2D eigenvalue weighted by molar-refractivity contribution is 9.10. The molecule has 2 unspecified atom stereocenters. The Morgan fingerprint density at radius 3 is 2.76 bits per heavy atom. The smallest absolute Gasteiger partial charge is 0.256 e. The van der Waals surface area contributed by atoms with Crippen molar-refractivity contribution < 1.29 is 4.79 Å². The maximum Gasteiger partial charge on any atom is 0.256 e. The summed E-state index contributed by atoms with van der Waals surface area (Å²) >= 11 is 3.43. The molecule has 2 aliphatic rings. The van der Waals surface area contributed by atoms with Gasteiger partial charge in [0.15, 0.2) is 0 Å². The Bertz CT molecular complexity index is 598. The van der Waals surface area contributed by atoms with Crippen LogP contribution in [0.3, 0.4) is 0 Å². The number of anilines is 1. The number of amides is 1. The van der Waals surface area contributed by atoms with Crippen molar-refractivity contribution in [2.24, 2.45) is 10.8 Å². The summed E-state index contributed by atoms with van der Waals surface area (Å²) in [6.07, 6.45) is 3.40. The summed E-state index contributed by atoms with van der Waals surface area (Å²) in [5.74, 6) is 0.0835. The normalized spacial score (nSPS) is 30.5. The molecule has 1 aliphatic carbocycles. The maximum atomic E-state index is 12.9. The van der Waals surface area contributed by atoms with E-state index in [0.717, 1.165) is 23.9 Å². The Labute approximate surface area is 135 Å². The van der Waals surface area contributed by atoms with E-state index < -0.39 is 0 Å². The molecule has 1 heterocycles. The third-order valence-electron chi connectivity index (χ3n) is 4.92. The summed E-state index contributed by atoms with van der Waals surface area (Å²) in [6.45, 7) is 7.81. The van der Waals surface area contributed by atoms with Gasteiger partial charge in [0.1, 0.15) is 0 Å². The molecule has 2 atom stereocenters. The molecule has 1 amide bonds. The number of nitrogens with two attached hydrogens (primary N) is 1. The van der Waals surface area contributed by atoms with Crippen LogP contribution in [-0.4, -0.2) is 23.4 Å². The molecule has 1 aliphatic heterocycles. The first-order valence-electron chi connectivity index (χ1n) is 7.55. The largest absolute Gasteiger partial charge is 0.398 e. The fourth-order valence-electron chi connectivity index (χ4n) is 4.57. The molecule has 0 spiro atoms. The quantitative estimate of drug-likeness (QED) is 0.775. The average molecular weight is 351 g/mol. The molecular weight excluding hydrogens is 328 g/mol. The number of nitrogen functional groups attached to an aromatic ring is 1. The van der Waals surface area contributed by atoms with Crippen LogP contribution in [0.5, 0.6) is 0 Å². The lowest BCUT2D eigenvalue weighted by Gasteiger charge is -2.39. The molecule has 21 heavy (non-hydrogen) atoms. The van der Waals surface area contributed by atoms with Crippen molar-refractivity contribution in [3.63, 3.8) is 0 Å². The Hall–Kier alpha value is -1.03. The van der Waals surface area contributed by atoms with Gasteiger partial charge in [-0.15, -0.1) is 0 Å². The van der Waals surface area contributed by atoms with E-state index in [1.165, 1.54) is 6.42 Å². The molecule has 1 saturated heterocycles. The van der Waals surface area contributed by atoms with Crippen LogP contribution in [0.25, 0.3) is 0 Å². The fraction of sp³-hybridized carbons (Fsp3) is 0.588. The van der Waals surface area contributed by atoms with Crippen LogP contribution >= 0.6 is 15.9 Å². The summed E-state index contributed by atoms with van der Waals surface area (Å²) in [5, 5.41) is 0. The number of rotatable bonds is 1. The van der Waals surface area contributed by atoms with E-state index in [1.54, 1.807) is 6.07 Å². The minimum atomic E-state index is 0.0835. The predicted molar refractivity (Wildman–Crippen MR) is 89.1 cm³/mol. The lowest BCUT2D eigenvalue weighted by Crippen LogP contribution is -2.38. The van der Waals surface area contributed by atoms with Gasteiger partial charge in [-0.2, -0.15) is 0 Å². The highest BCUT2D eigenvalue weighted by Crippen LogP contribution is 2.52. The van der Waals surface area contributed by atoms with Crippen molar-refractivity contribution in [3.05, 3.63) is 28.2 Å². The second kappa shape index (κ2) is 4.73. The average Bonchev–Trinajstić information content (AvgIpc) is 2.61. The van der Waals surface area contributed by atoms with Gasteiger partial charge in [0, 0.05) is 22.7 Å². The molecule has 2 bridgehead atoms. The van der Waals surface area contributed by atoms with Crippen LogP contribution in [0.1, 0.15) is 50.4 Å². The van der Waals surface area contributed by atoms with Gasteiger partial charge < -0.3 is 10.6 Å². The lowest BCUT2D eigenvalue weighted by atomic mass is 9.65. The Balaban J connectivity index is 1.91. The molecule has 0 radical (unpaired) electrons. The number of hydrogen-bond acceptors (Lipinski definition) is 2. The maximum absolute atomic E-state index is 12.9. The van der Waals surface area contributed by atoms with Gasteiger partial charge in [-0.25, -0.2) is 0 Å². The topological polar surface area (TPSA) is 46.3 Å². The third kappa shape index (κ3) is 2.70. The molecule has 3 rings (SSSR count). The zero-order valence-corrected chi connectivity index (χ0v) is 14.5. The van der Waals surface area contributed by atoms with Crippen LogP contribution in [0, 0.1) is 10.8 Å². The SMILES string of the molecule is CC1(C)CC2CC(C)(CN2C(=O)c2cc(Br)ccc2N)C1. The van der Waals surface area contributed by atoms with Gasteiger partial charge in [0.25, 0.3) is 5.91 Å². The highest BCUT2D eigenvalue weighted by atomic mass is 79.9. The molecule has 1 saturated carbocycles. The monoisotopic (exact) mass is 350 g/mol. The first kappa shape index (κ1) is 14.9. The van der Waals surface area contributed by atoms with E-state index in [-0.39, 0.29) is 11.3 Å². The van der Waals surface area contributed by atoms with E-state index in [9.17, 15) is 4.79 Å². The Morgan fingerprint density at radius 1 is 1.33 bits per heavy atom. The predicted octanol–water partition coefficient (Wildman–Crippen LogP) is 4.07. The minimum Gasteiger partial charge on any atom is -0.398 e. The number of benzene rings is 1. The molecule has 0 aromatic heterocycles. The van der Waals surface area contributed by atoms with Gasteiger partial charge in [-0.1, -0.05) is 36.7 Å². The molecule has 4 heteroatoms. The van der Waals surface area contributed by atoms with E-state index >= 15 is 0 Å². The zero-order chi connectivity index (χ0) is 15.4. The van der Waals surface area contributed by atoms with Crippen molar-refractivity contribution in [2.75, 3.05) is 12.3 Å². The first-order valence-corrected chi connectivity index (χ1v) is 8.35. The van der Waals surface area contributed by atoms with Crippen molar-refractivity contribution in [1.82, 2.24) is 4.90 Å². The van der Waals surface area contributed by atoms with E-state index in [0.29, 0.717) is 22.7 Å². The van der Waals surface area contributed by atoms with Crippen LogP contribution in [-0.2, 0) is 0 Å². The van der Waals surface area contributed by atoms with Crippen LogP contribution < -0.4 is 5.73 Å². The number of likely N-dealkylation sites (tertiary alicyclic amines) is 1. The molecule has 3 nitrogen and oxygen atoms in total. The van der Waals surface area contributed by atoms with Crippen molar-refractivity contribution in [3.8, 4) is 0 Å². The zero-order valence-electron chi connectivity index (χ0n) is 12.9. The molecule has 114 valence electrons. The molecule has 2 N–H and O–H groups in total. The lowest BCUT2D eigenvalue weighted by molar-refractivity contribution is 0.0709. The van der Waals surface area contributed by atoms with Gasteiger partial charge in [0.2, 0.25) is 0 Å². The summed E-state index contributed by atoms with van der Waals surface area (Å²) in [6, 6.07) is 5.86. The minimum absolute atomic E-state index is 0.0835. The van der Waals surface area contributed by atoms with E-state index in [2.05, 4.69) is 41.6 Å². The van der Waals surface area contributed by atoms with Crippen molar-refractivity contribution >= 4 is 27.5 Å². The van der Waals surface area contributed by atoms with Crippen LogP contribution in [0.15, 0.2) is 22.7 Å². The van der Waals surface area contributed by atoms with Gasteiger partial charge in [-0.3, -0.25) is 4.79 Å². The molecular formula is C17H23BrN2O. The van der Waals surface area contributed by atoms with Crippen molar-refractivity contribution in [2.45, 2.75) is 46.1 Å². The number of carbonyl (C=O) groups is 1. The first-order chi connectivity index (χ1) is 9.69. The molecule has 2 fully saturated rings. The molecule has 1 aromatic carbocycles. The highest BCUT2D eigenvalue weighted by Gasteiger charge is 2.51. The van der Waals surface area contributed by atoms with Gasteiger partial charge in [-0.05, 0) is 48.3 Å². The summed E-state index contributed by atoms with van der Waals surface area (Å²) in [4.78, 5) is 15.0. The fourth-order valence-corrected chi connectivity index (χ4v) is 4.93. The second-order valence-electron chi connectivity index (χ2n) is 7.88. The number of nitrogens with zero attached hydrogens (tertiary/aromatic N) is 1. The third-order valence-corrected chi connectivity index (χ3v) is 5.41. The summed E-state index contributed by atoms with van der Waals surface area (Å²) in [7, 11) is 0.